The third-order valence-electron chi connectivity index (χ3n) is 5.12. The van der Waals surface area contributed by atoms with Gasteiger partial charge in [-0.2, -0.15) is 4.31 Å². The Morgan fingerprint density at radius 1 is 1.04 bits per heavy atom. The molecule has 0 atom stereocenters. The first-order valence-electron chi connectivity index (χ1n) is 9.07. The molecule has 0 bridgehead atoms. The second-order valence-electron chi connectivity index (χ2n) is 7.01. The predicted molar refractivity (Wildman–Crippen MR) is 97.0 cm³/mol. The lowest BCUT2D eigenvalue weighted by Crippen LogP contribution is -2.44. The van der Waals surface area contributed by atoms with E-state index in [9.17, 15) is 13.2 Å². The summed E-state index contributed by atoms with van der Waals surface area (Å²) in [7, 11) is -1.56. The molecule has 2 aliphatic heterocycles. The second kappa shape index (κ2) is 7.85. The van der Waals surface area contributed by atoms with Gasteiger partial charge < -0.3 is 10.2 Å². The lowest BCUT2D eigenvalue weighted by atomic mass is 10.0. The predicted octanol–water partition coefficient (Wildman–Crippen LogP) is 1.69. The highest BCUT2D eigenvalue weighted by Crippen LogP contribution is 2.24. The Morgan fingerprint density at radius 3 is 2.36 bits per heavy atom. The molecule has 0 saturated carbocycles. The van der Waals surface area contributed by atoms with Crippen molar-refractivity contribution in [2.45, 2.75) is 43.0 Å². The van der Waals surface area contributed by atoms with Crippen LogP contribution in [-0.4, -0.2) is 62.8 Å². The van der Waals surface area contributed by atoms with Crippen LogP contribution >= 0.6 is 0 Å². The molecule has 2 fully saturated rings. The number of piperidine rings is 2. The van der Waals surface area contributed by atoms with Crippen molar-refractivity contribution < 1.29 is 13.2 Å². The first-order chi connectivity index (χ1) is 12.0. The van der Waals surface area contributed by atoms with Gasteiger partial charge in [-0.15, -0.1) is 0 Å². The van der Waals surface area contributed by atoms with E-state index in [2.05, 4.69) is 17.3 Å². The van der Waals surface area contributed by atoms with Gasteiger partial charge in [0.15, 0.2) is 0 Å². The number of amides is 1. The summed E-state index contributed by atoms with van der Waals surface area (Å²) < 4.78 is 27.5. The van der Waals surface area contributed by atoms with Gasteiger partial charge in [-0.25, -0.2) is 8.42 Å². The van der Waals surface area contributed by atoms with Gasteiger partial charge in [-0.3, -0.25) is 4.79 Å². The maximum Gasteiger partial charge on any atom is 0.252 e. The van der Waals surface area contributed by atoms with Crippen molar-refractivity contribution in [2.75, 3.05) is 33.2 Å². The van der Waals surface area contributed by atoms with E-state index < -0.39 is 10.0 Å². The lowest BCUT2D eigenvalue weighted by molar-refractivity contribution is 0.0913. The van der Waals surface area contributed by atoms with Crippen LogP contribution in [0.15, 0.2) is 29.2 Å². The number of sulfonamides is 1. The summed E-state index contributed by atoms with van der Waals surface area (Å²) >= 11 is 0. The van der Waals surface area contributed by atoms with E-state index in [1.54, 1.807) is 24.3 Å². The lowest BCUT2D eigenvalue weighted by Gasteiger charge is -2.30. The molecule has 138 valence electrons. The number of likely N-dealkylation sites (tertiary alicyclic amines) is 1. The van der Waals surface area contributed by atoms with Gasteiger partial charge >= 0.3 is 0 Å². The van der Waals surface area contributed by atoms with Gasteiger partial charge in [0, 0.05) is 19.1 Å². The summed E-state index contributed by atoms with van der Waals surface area (Å²) in [4.78, 5) is 15.1. The van der Waals surface area contributed by atoms with Crippen molar-refractivity contribution in [3.05, 3.63) is 29.8 Å². The van der Waals surface area contributed by atoms with E-state index in [0.717, 1.165) is 45.2 Å². The molecular weight excluding hydrogens is 338 g/mol. The third-order valence-corrected chi connectivity index (χ3v) is 7.08. The molecule has 1 amide bonds. The van der Waals surface area contributed by atoms with Gasteiger partial charge in [0.25, 0.3) is 5.91 Å². The molecule has 0 spiro atoms. The first-order valence-corrected chi connectivity index (χ1v) is 10.5. The fraction of sp³-hybridized carbons (Fsp3) is 0.611. The van der Waals surface area contributed by atoms with Crippen LogP contribution in [-0.2, 0) is 10.0 Å². The molecule has 7 heteroatoms. The largest absolute Gasteiger partial charge is 0.349 e. The normalized spacial score (nSPS) is 21.2. The van der Waals surface area contributed by atoms with E-state index in [4.69, 9.17) is 0 Å². The Morgan fingerprint density at radius 2 is 1.68 bits per heavy atom. The van der Waals surface area contributed by atoms with Crippen molar-refractivity contribution in [2.24, 2.45) is 0 Å². The van der Waals surface area contributed by atoms with Crippen LogP contribution in [0, 0.1) is 0 Å². The van der Waals surface area contributed by atoms with Crippen LogP contribution in [0.3, 0.4) is 0 Å². The maximum atomic E-state index is 13.0. The highest BCUT2D eigenvalue weighted by Gasteiger charge is 2.30. The number of rotatable bonds is 4. The van der Waals surface area contributed by atoms with Crippen LogP contribution < -0.4 is 5.32 Å². The summed E-state index contributed by atoms with van der Waals surface area (Å²) in [5, 5.41) is 3.02. The number of nitrogens with zero attached hydrogens (tertiary/aromatic N) is 2. The standard InChI is InChI=1S/C18H27N3O3S/c1-20-13-9-15(10-14-20)19-18(22)16-7-3-4-8-17(16)25(23,24)21-11-5-2-6-12-21/h3-4,7-8,15H,2,5-6,9-14H2,1H3,(H,19,22). The average molecular weight is 365 g/mol. The number of hydrogen-bond acceptors (Lipinski definition) is 4. The quantitative estimate of drug-likeness (QED) is 0.881. The van der Waals surface area contributed by atoms with Crippen molar-refractivity contribution in [3.8, 4) is 0 Å². The smallest absolute Gasteiger partial charge is 0.252 e. The Hall–Kier alpha value is -1.44. The molecule has 0 aromatic heterocycles. The Labute approximate surface area is 150 Å². The molecule has 2 heterocycles. The summed E-state index contributed by atoms with van der Waals surface area (Å²) in [5.74, 6) is -0.286. The monoisotopic (exact) mass is 365 g/mol. The number of hydrogen-bond donors (Lipinski definition) is 1. The number of carbonyl (C=O) groups excluding carboxylic acids is 1. The van der Waals surface area contributed by atoms with Gasteiger partial charge in [0.2, 0.25) is 10.0 Å². The SMILES string of the molecule is CN1CCC(NC(=O)c2ccccc2S(=O)(=O)N2CCCCC2)CC1. The van der Waals surface area contributed by atoms with E-state index in [1.165, 1.54) is 4.31 Å². The summed E-state index contributed by atoms with van der Waals surface area (Å²) in [5.41, 5.74) is 0.256. The number of nitrogens with one attached hydrogen (secondary N) is 1. The Kier molecular flexibility index (Phi) is 5.76. The maximum absolute atomic E-state index is 13.0. The molecule has 25 heavy (non-hydrogen) atoms. The second-order valence-corrected chi connectivity index (χ2v) is 8.92. The van der Waals surface area contributed by atoms with E-state index in [1.807, 2.05) is 0 Å². The fourth-order valence-electron chi connectivity index (χ4n) is 3.54. The van der Waals surface area contributed by atoms with E-state index >= 15 is 0 Å². The van der Waals surface area contributed by atoms with Gasteiger partial charge in [0.1, 0.15) is 0 Å². The first kappa shape index (κ1) is 18.4. The van der Waals surface area contributed by atoms with Gasteiger partial charge in [-0.05, 0) is 58.0 Å². The minimum Gasteiger partial charge on any atom is -0.349 e. The minimum absolute atomic E-state index is 0.106. The van der Waals surface area contributed by atoms with E-state index in [0.29, 0.717) is 13.1 Å². The van der Waals surface area contributed by atoms with E-state index in [-0.39, 0.29) is 22.4 Å². The summed E-state index contributed by atoms with van der Waals surface area (Å²) in [6, 6.07) is 6.67. The molecule has 2 saturated heterocycles. The zero-order chi connectivity index (χ0) is 17.9. The highest BCUT2D eigenvalue weighted by atomic mass is 32.2. The highest BCUT2D eigenvalue weighted by molar-refractivity contribution is 7.89. The zero-order valence-electron chi connectivity index (χ0n) is 14.8. The van der Waals surface area contributed by atoms with Crippen molar-refractivity contribution in [1.29, 1.82) is 0 Å². The molecular formula is C18H27N3O3S. The third kappa shape index (κ3) is 4.22. The number of carbonyl (C=O) groups is 1. The molecule has 0 radical (unpaired) electrons. The molecule has 0 unspecified atom stereocenters. The fourth-order valence-corrected chi connectivity index (χ4v) is 5.25. The van der Waals surface area contributed by atoms with Crippen molar-refractivity contribution in [1.82, 2.24) is 14.5 Å². The Balaban J connectivity index is 1.79. The molecule has 0 aliphatic carbocycles. The van der Waals surface area contributed by atoms with Crippen LogP contribution in [0.5, 0.6) is 0 Å². The zero-order valence-corrected chi connectivity index (χ0v) is 15.6. The molecule has 1 N–H and O–H groups in total. The topological polar surface area (TPSA) is 69.7 Å². The van der Waals surface area contributed by atoms with Gasteiger partial charge in [0.05, 0.1) is 10.5 Å². The molecule has 1 aromatic rings. The Bertz CT molecular complexity index is 706. The molecule has 1 aromatic carbocycles. The number of benzene rings is 1. The van der Waals surface area contributed by atoms with Crippen molar-refractivity contribution >= 4 is 15.9 Å². The van der Waals surface area contributed by atoms with Crippen LogP contribution in [0.25, 0.3) is 0 Å². The van der Waals surface area contributed by atoms with Gasteiger partial charge in [-0.1, -0.05) is 18.6 Å². The average Bonchev–Trinajstić information content (AvgIpc) is 2.64. The van der Waals surface area contributed by atoms with Crippen LogP contribution in [0.4, 0.5) is 0 Å². The summed E-state index contributed by atoms with van der Waals surface area (Å²) in [6.45, 7) is 2.96. The molecule has 2 aliphatic rings. The molecule has 3 rings (SSSR count). The van der Waals surface area contributed by atoms with Crippen molar-refractivity contribution in [3.63, 3.8) is 0 Å². The molecule has 6 nitrogen and oxygen atoms in total. The summed E-state index contributed by atoms with van der Waals surface area (Å²) in [6.07, 6.45) is 4.60. The van der Waals surface area contributed by atoms with Crippen LogP contribution in [0.1, 0.15) is 42.5 Å². The minimum atomic E-state index is -3.62. The van der Waals surface area contributed by atoms with Crippen LogP contribution in [0.2, 0.25) is 0 Å².